The van der Waals surface area contributed by atoms with Crippen molar-refractivity contribution in [1.82, 2.24) is 0 Å². The summed E-state index contributed by atoms with van der Waals surface area (Å²) in [5.74, 6) is -0.00777. The molecule has 1 amide bonds. The molecular formula is C17H19ClN2O4S. The van der Waals surface area contributed by atoms with Crippen molar-refractivity contribution in [2.45, 2.75) is 13.0 Å². The molecule has 1 N–H and O–H groups in total. The minimum absolute atomic E-state index is 0.317. The van der Waals surface area contributed by atoms with Gasteiger partial charge >= 0.3 is 0 Å². The average Bonchev–Trinajstić information content (AvgIpc) is 2.54. The molecule has 1 atom stereocenters. The molecule has 0 aliphatic rings. The number of carbonyl (C=O) groups excluding carboxylic acids is 1. The molecule has 0 aliphatic carbocycles. The fourth-order valence-corrected chi connectivity index (χ4v) is 3.76. The normalized spacial score (nSPS) is 12.3. The number of amides is 1. The van der Waals surface area contributed by atoms with E-state index in [9.17, 15) is 13.2 Å². The molecule has 0 unspecified atom stereocenters. The van der Waals surface area contributed by atoms with Crippen molar-refractivity contribution < 1.29 is 17.9 Å². The number of benzene rings is 2. The van der Waals surface area contributed by atoms with Crippen LogP contribution in [0.1, 0.15) is 6.92 Å². The molecule has 0 saturated heterocycles. The zero-order valence-corrected chi connectivity index (χ0v) is 15.6. The van der Waals surface area contributed by atoms with Crippen LogP contribution in [0.5, 0.6) is 5.75 Å². The van der Waals surface area contributed by atoms with E-state index in [1.165, 1.54) is 20.1 Å². The Balaban J connectivity index is 2.33. The first-order valence-electron chi connectivity index (χ1n) is 7.43. The van der Waals surface area contributed by atoms with Crippen molar-refractivity contribution in [3.8, 4) is 5.75 Å². The Morgan fingerprint density at radius 3 is 2.48 bits per heavy atom. The number of nitrogens with one attached hydrogen (secondary N) is 1. The summed E-state index contributed by atoms with van der Waals surface area (Å²) in [5, 5.41) is 3.07. The molecule has 0 bridgehead atoms. The van der Waals surface area contributed by atoms with Gasteiger partial charge in [-0.15, -0.1) is 0 Å². The van der Waals surface area contributed by atoms with E-state index in [1.54, 1.807) is 42.5 Å². The van der Waals surface area contributed by atoms with Crippen molar-refractivity contribution in [3.63, 3.8) is 0 Å². The predicted octanol–water partition coefficient (Wildman–Crippen LogP) is 3.14. The number of hydrogen-bond acceptors (Lipinski definition) is 4. The molecule has 2 aromatic carbocycles. The van der Waals surface area contributed by atoms with Crippen LogP contribution in [-0.4, -0.2) is 33.7 Å². The van der Waals surface area contributed by atoms with Crippen molar-refractivity contribution in [2.24, 2.45) is 0 Å². The maximum absolute atomic E-state index is 12.6. The zero-order chi connectivity index (χ0) is 18.6. The Labute approximate surface area is 152 Å². The highest BCUT2D eigenvalue weighted by Gasteiger charge is 2.29. The first-order valence-corrected chi connectivity index (χ1v) is 9.65. The maximum atomic E-state index is 12.6. The number of halogens is 1. The monoisotopic (exact) mass is 382 g/mol. The predicted molar refractivity (Wildman–Crippen MR) is 99.9 cm³/mol. The van der Waals surface area contributed by atoms with Gasteiger partial charge in [-0.05, 0) is 37.3 Å². The summed E-state index contributed by atoms with van der Waals surface area (Å²) in [6, 6.07) is 12.2. The van der Waals surface area contributed by atoms with Crippen LogP contribution in [0, 0.1) is 0 Å². The minimum Gasteiger partial charge on any atom is -0.495 e. The lowest BCUT2D eigenvalue weighted by Crippen LogP contribution is -2.45. The topological polar surface area (TPSA) is 75.7 Å². The molecule has 2 rings (SSSR count). The first-order chi connectivity index (χ1) is 11.7. The summed E-state index contributed by atoms with van der Waals surface area (Å²) in [4.78, 5) is 12.6. The second kappa shape index (κ2) is 7.76. The van der Waals surface area contributed by atoms with E-state index in [0.717, 1.165) is 10.6 Å². The SMILES string of the molecule is COc1ccccc1NC(=O)[C@@H](C)N(c1cccc(Cl)c1)S(C)(=O)=O. The van der Waals surface area contributed by atoms with Gasteiger partial charge in [0.1, 0.15) is 11.8 Å². The van der Waals surface area contributed by atoms with Crippen LogP contribution in [0.2, 0.25) is 5.02 Å². The van der Waals surface area contributed by atoms with Crippen molar-refractivity contribution in [3.05, 3.63) is 53.6 Å². The van der Waals surface area contributed by atoms with E-state index in [4.69, 9.17) is 16.3 Å². The summed E-state index contributed by atoms with van der Waals surface area (Å²) in [7, 11) is -2.22. The summed E-state index contributed by atoms with van der Waals surface area (Å²) in [6.07, 6.45) is 1.04. The van der Waals surface area contributed by atoms with Gasteiger partial charge in [0.2, 0.25) is 15.9 Å². The quantitative estimate of drug-likeness (QED) is 0.832. The number of carbonyl (C=O) groups is 1. The van der Waals surface area contributed by atoms with E-state index < -0.39 is 22.0 Å². The highest BCUT2D eigenvalue weighted by atomic mass is 35.5. The van der Waals surface area contributed by atoms with Gasteiger partial charge in [-0.25, -0.2) is 8.42 Å². The molecule has 2 aromatic rings. The minimum atomic E-state index is -3.70. The second-order valence-electron chi connectivity index (χ2n) is 5.40. The van der Waals surface area contributed by atoms with E-state index in [0.29, 0.717) is 22.1 Å². The Morgan fingerprint density at radius 1 is 1.20 bits per heavy atom. The molecule has 0 aromatic heterocycles. The molecule has 0 aliphatic heterocycles. The van der Waals surface area contributed by atoms with Crippen molar-refractivity contribution >= 4 is 38.9 Å². The molecule has 25 heavy (non-hydrogen) atoms. The molecule has 134 valence electrons. The lowest BCUT2D eigenvalue weighted by atomic mass is 10.2. The van der Waals surface area contributed by atoms with Crippen LogP contribution < -0.4 is 14.4 Å². The van der Waals surface area contributed by atoms with E-state index in [1.807, 2.05) is 0 Å². The summed E-state index contributed by atoms with van der Waals surface area (Å²) < 4.78 is 30.7. The number of ether oxygens (including phenoxy) is 1. The molecule has 0 saturated carbocycles. The van der Waals surface area contributed by atoms with Crippen LogP contribution in [0.25, 0.3) is 0 Å². The van der Waals surface area contributed by atoms with Crippen LogP contribution >= 0.6 is 11.6 Å². The number of anilines is 2. The third kappa shape index (κ3) is 4.64. The lowest BCUT2D eigenvalue weighted by Gasteiger charge is -2.28. The van der Waals surface area contributed by atoms with E-state index in [2.05, 4.69) is 5.32 Å². The molecule has 6 nitrogen and oxygen atoms in total. The van der Waals surface area contributed by atoms with Gasteiger partial charge < -0.3 is 10.1 Å². The van der Waals surface area contributed by atoms with Crippen molar-refractivity contribution in [1.29, 1.82) is 0 Å². The zero-order valence-electron chi connectivity index (χ0n) is 14.1. The Kier molecular flexibility index (Phi) is 5.92. The van der Waals surface area contributed by atoms with Gasteiger partial charge in [0.15, 0.2) is 0 Å². The van der Waals surface area contributed by atoms with E-state index >= 15 is 0 Å². The van der Waals surface area contributed by atoms with Crippen molar-refractivity contribution in [2.75, 3.05) is 23.0 Å². The number of nitrogens with zero attached hydrogens (tertiary/aromatic N) is 1. The molecule has 8 heteroatoms. The Hall–Kier alpha value is -2.25. The van der Waals surface area contributed by atoms with Gasteiger partial charge in [-0.2, -0.15) is 0 Å². The Bertz CT molecular complexity index is 870. The third-order valence-electron chi connectivity index (χ3n) is 3.52. The average molecular weight is 383 g/mol. The molecule has 0 spiro atoms. The summed E-state index contributed by atoms with van der Waals surface area (Å²) >= 11 is 5.95. The van der Waals surface area contributed by atoms with Gasteiger partial charge in [-0.3, -0.25) is 9.10 Å². The van der Waals surface area contributed by atoms with Crippen LogP contribution in [0.15, 0.2) is 48.5 Å². The number of methoxy groups -OCH3 is 1. The molecule has 0 fully saturated rings. The highest BCUT2D eigenvalue weighted by molar-refractivity contribution is 7.92. The van der Waals surface area contributed by atoms with Crippen LogP contribution in [0.3, 0.4) is 0 Å². The van der Waals surface area contributed by atoms with Gasteiger partial charge in [0.05, 0.1) is 24.7 Å². The van der Waals surface area contributed by atoms with Crippen LogP contribution in [0.4, 0.5) is 11.4 Å². The maximum Gasteiger partial charge on any atom is 0.248 e. The fraction of sp³-hybridized carbons (Fsp3) is 0.235. The third-order valence-corrected chi connectivity index (χ3v) is 4.99. The molecule has 0 heterocycles. The van der Waals surface area contributed by atoms with Gasteiger partial charge in [0.25, 0.3) is 0 Å². The van der Waals surface area contributed by atoms with Gasteiger partial charge in [-0.1, -0.05) is 29.8 Å². The first kappa shape index (κ1) is 19.1. The molecular weight excluding hydrogens is 364 g/mol. The smallest absolute Gasteiger partial charge is 0.248 e. The number of hydrogen-bond donors (Lipinski definition) is 1. The van der Waals surface area contributed by atoms with Crippen LogP contribution in [-0.2, 0) is 14.8 Å². The largest absolute Gasteiger partial charge is 0.495 e. The van der Waals surface area contributed by atoms with E-state index in [-0.39, 0.29) is 0 Å². The standard InChI is InChI=1S/C17H19ClN2O4S/c1-12(17(21)19-15-9-4-5-10-16(15)24-2)20(25(3,22)23)14-8-6-7-13(18)11-14/h4-12H,1-3H3,(H,19,21)/t12-/m1/s1. The molecule has 0 radical (unpaired) electrons. The number of para-hydroxylation sites is 2. The summed E-state index contributed by atoms with van der Waals surface area (Å²) in [5.41, 5.74) is 0.777. The Morgan fingerprint density at radius 2 is 1.88 bits per heavy atom. The van der Waals surface area contributed by atoms with Gasteiger partial charge in [0, 0.05) is 5.02 Å². The second-order valence-corrected chi connectivity index (χ2v) is 7.70. The lowest BCUT2D eigenvalue weighted by molar-refractivity contribution is -0.116. The highest BCUT2D eigenvalue weighted by Crippen LogP contribution is 2.26. The fourth-order valence-electron chi connectivity index (χ4n) is 2.41. The summed E-state index contributed by atoms with van der Waals surface area (Å²) in [6.45, 7) is 1.51. The number of rotatable bonds is 6. The number of sulfonamides is 1.